The van der Waals surface area contributed by atoms with Crippen molar-refractivity contribution in [2.24, 2.45) is 0 Å². The fraction of sp³-hybridized carbons (Fsp3) is 0.636. The number of rotatable bonds is 8. The van der Waals surface area contributed by atoms with Crippen LogP contribution in [0, 0.1) is 0 Å². The zero-order valence-electron chi connectivity index (χ0n) is 10.2. The molecular weight excluding hydrogens is 242 g/mol. The van der Waals surface area contributed by atoms with E-state index < -0.39 is 10.1 Å². The van der Waals surface area contributed by atoms with E-state index in [2.05, 4.69) is 21.8 Å². The van der Waals surface area contributed by atoms with Crippen LogP contribution in [0.25, 0.3) is 0 Å². The van der Waals surface area contributed by atoms with Gasteiger partial charge in [0.05, 0.1) is 25.7 Å². The maximum atomic E-state index is 10.7. The highest BCUT2D eigenvalue weighted by Gasteiger charge is 2.09. The number of nitrogens with one attached hydrogen (secondary N) is 1. The van der Waals surface area contributed by atoms with Crippen LogP contribution in [0.1, 0.15) is 25.7 Å². The molecule has 0 aromatic heterocycles. The van der Waals surface area contributed by atoms with Crippen molar-refractivity contribution in [2.75, 3.05) is 20.0 Å². The number of hydrogen-bond donors (Lipinski definition) is 1. The fourth-order valence-corrected chi connectivity index (χ4v) is 2.06. The summed E-state index contributed by atoms with van der Waals surface area (Å²) < 4.78 is 26.1. The molecule has 0 fully saturated rings. The van der Waals surface area contributed by atoms with E-state index in [0.29, 0.717) is 0 Å². The van der Waals surface area contributed by atoms with Crippen molar-refractivity contribution in [3.63, 3.8) is 0 Å². The molecule has 0 saturated carbocycles. The topological polar surface area (TPSA) is 64.6 Å². The first-order chi connectivity index (χ1) is 8.03. The first-order valence-electron chi connectivity index (χ1n) is 5.56. The second-order valence-electron chi connectivity index (χ2n) is 3.87. The molecule has 0 bridgehead atoms. The quantitative estimate of drug-likeness (QED) is 0.407. The molecule has 0 heterocycles. The van der Waals surface area contributed by atoms with Gasteiger partial charge < -0.3 is 0 Å². The molecule has 0 amide bonds. The van der Waals surface area contributed by atoms with Crippen LogP contribution < -0.4 is 5.48 Å². The Bertz CT molecular complexity index is 398. The maximum Gasteiger partial charge on any atom is 0.264 e. The minimum absolute atomic E-state index is 0.253. The van der Waals surface area contributed by atoms with E-state index in [9.17, 15) is 8.42 Å². The van der Waals surface area contributed by atoms with Gasteiger partial charge in [-0.15, -0.1) is 0 Å². The second kappa shape index (κ2) is 6.78. The van der Waals surface area contributed by atoms with Crippen molar-refractivity contribution in [1.29, 1.82) is 0 Å². The first kappa shape index (κ1) is 14.2. The van der Waals surface area contributed by atoms with Crippen molar-refractivity contribution in [2.45, 2.75) is 25.7 Å². The summed E-state index contributed by atoms with van der Waals surface area (Å²) in [4.78, 5) is 4.87. The van der Waals surface area contributed by atoms with E-state index in [1.807, 2.05) is 0 Å². The minimum atomic E-state index is -3.30. The average molecular weight is 261 g/mol. The van der Waals surface area contributed by atoms with Crippen LogP contribution in [-0.2, 0) is 19.1 Å². The summed E-state index contributed by atoms with van der Waals surface area (Å²) in [6.45, 7) is 0.253. The van der Waals surface area contributed by atoms with Gasteiger partial charge in [0, 0.05) is 0 Å². The molecule has 98 valence electrons. The third-order valence-corrected chi connectivity index (χ3v) is 2.98. The third-order valence-electron chi connectivity index (χ3n) is 2.38. The predicted octanol–water partition coefficient (Wildman–Crippen LogP) is 1.50. The highest BCUT2D eigenvalue weighted by atomic mass is 32.2. The van der Waals surface area contributed by atoms with Crippen LogP contribution in [-0.4, -0.2) is 28.4 Å². The molecular formula is C11H19NO4S. The highest BCUT2D eigenvalue weighted by molar-refractivity contribution is 7.85. The van der Waals surface area contributed by atoms with E-state index >= 15 is 0 Å². The van der Waals surface area contributed by atoms with Gasteiger partial charge in [0.15, 0.2) is 0 Å². The van der Waals surface area contributed by atoms with Gasteiger partial charge in [0.25, 0.3) is 10.1 Å². The summed E-state index contributed by atoms with van der Waals surface area (Å²) >= 11 is 0. The maximum absolute atomic E-state index is 10.7. The zero-order valence-corrected chi connectivity index (χ0v) is 11.0. The number of allylic oxidation sites excluding steroid dienone is 3. The zero-order chi connectivity index (χ0) is 12.7. The number of hydrogen-bond acceptors (Lipinski definition) is 5. The average Bonchev–Trinajstić information content (AvgIpc) is 2.64. The normalized spacial score (nSPS) is 15.6. The van der Waals surface area contributed by atoms with Crippen LogP contribution in [0.15, 0.2) is 23.4 Å². The fourth-order valence-electron chi connectivity index (χ4n) is 1.64. The van der Waals surface area contributed by atoms with Gasteiger partial charge in [-0.2, -0.15) is 8.42 Å². The Morgan fingerprint density at radius 3 is 2.76 bits per heavy atom. The minimum Gasteiger partial charge on any atom is -0.279 e. The van der Waals surface area contributed by atoms with Gasteiger partial charge in [0.2, 0.25) is 0 Å². The summed E-state index contributed by atoms with van der Waals surface area (Å²) in [5.41, 5.74) is 5.05. The Labute approximate surface area is 103 Å². The van der Waals surface area contributed by atoms with E-state index in [4.69, 9.17) is 4.84 Å². The Balaban J connectivity index is 2.17. The van der Waals surface area contributed by atoms with Gasteiger partial charge in [-0.3, -0.25) is 14.5 Å². The van der Waals surface area contributed by atoms with Gasteiger partial charge in [0.1, 0.15) is 0 Å². The molecule has 1 rings (SSSR count). The van der Waals surface area contributed by atoms with E-state index in [-0.39, 0.29) is 6.61 Å². The summed E-state index contributed by atoms with van der Waals surface area (Å²) in [6.07, 6.45) is 8.70. The largest absolute Gasteiger partial charge is 0.279 e. The Hall–Kier alpha value is -0.850. The van der Waals surface area contributed by atoms with Crippen molar-refractivity contribution in [3.05, 3.63) is 23.4 Å². The van der Waals surface area contributed by atoms with Crippen molar-refractivity contribution in [3.8, 4) is 0 Å². The molecule has 0 unspecified atom stereocenters. The second-order valence-corrected chi connectivity index (χ2v) is 5.52. The molecule has 0 spiro atoms. The molecule has 0 atom stereocenters. The lowest BCUT2D eigenvalue weighted by Crippen LogP contribution is -2.11. The van der Waals surface area contributed by atoms with Crippen LogP contribution in [0.5, 0.6) is 0 Å². The molecule has 0 aromatic carbocycles. The van der Waals surface area contributed by atoms with Gasteiger partial charge in [-0.1, -0.05) is 12.2 Å². The van der Waals surface area contributed by atoms with Gasteiger partial charge >= 0.3 is 0 Å². The number of unbranched alkanes of at least 4 members (excludes halogenated alkanes) is 1. The smallest absolute Gasteiger partial charge is 0.264 e. The highest BCUT2D eigenvalue weighted by Crippen LogP contribution is 2.22. The van der Waals surface area contributed by atoms with Crippen molar-refractivity contribution < 1.29 is 17.4 Å². The lowest BCUT2D eigenvalue weighted by Gasteiger charge is -2.09. The standard InChI is InChI=1S/C11H19NO4S/c1-15-12-11-8-5-7-10(11)6-3-4-9-16-17(2,13)14/h7-8,12H,3-6,9H2,1-2H3. The molecule has 0 aliphatic heterocycles. The van der Waals surface area contributed by atoms with Crippen LogP contribution in [0.4, 0.5) is 0 Å². The molecule has 17 heavy (non-hydrogen) atoms. The van der Waals surface area contributed by atoms with Crippen LogP contribution in [0.3, 0.4) is 0 Å². The van der Waals surface area contributed by atoms with Gasteiger partial charge in [-0.25, -0.2) is 0 Å². The molecule has 1 aliphatic rings. The van der Waals surface area contributed by atoms with Crippen LogP contribution >= 0.6 is 0 Å². The van der Waals surface area contributed by atoms with E-state index in [0.717, 1.165) is 37.6 Å². The molecule has 0 aromatic rings. The summed E-state index contributed by atoms with van der Waals surface area (Å²) in [5.74, 6) is 0. The lowest BCUT2D eigenvalue weighted by molar-refractivity contribution is 0.119. The summed E-state index contributed by atoms with van der Waals surface area (Å²) in [6, 6.07) is 0. The number of hydroxylamine groups is 1. The van der Waals surface area contributed by atoms with Crippen molar-refractivity contribution in [1.82, 2.24) is 5.48 Å². The molecule has 5 nitrogen and oxygen atoms in total. The molecule has 1 aliphatic carbocycles. The van der Waals surface area contributed by atoms with E-state index in [1.54, 1.807) is 7.11 Å². The van der Waals surface area contributed by atoms with Crippen molar-refractivity contribution >= 4 is 10.1 Å². The first-order valence-corrected chi connectivity index (χ1v) is 7.37. The Morgan fingerprint density at radius 2 is 2.12 bits per heavy atom. The Kier molecular flexibility index (Phi) is 5.67. The monoisotopic (exact) mass is 261 g/mol. The lowest BCUT2D eigenvalue weighted by atomic mass is 10.1. The molecule has 0 saturated heterocycles. The molecule has 0 radical (unpaired) electrons. The SMILES string of the molecule is CONC1=CCC=C1CCCCOS(C)(=O)=O. The van der Waals surface area contributed by atoms with E-state index in [1.165, 1.54) is 5.57 Å². The predicted molar refractivity (Wildman–Crippen MR) is 65.6 cm³/mol. The third kappa shape index (κ3) is 5.86. The van der Waals surface area contributed by atoms with Gasteiger partial charge in [-0.05, 0) is 31.3 Å². The Morgan fingerprint density at radius 1 is 1.35 bits per heavy atom. The summed E-state index contributed by atoms with van der Waals surface area (Å²) in [5, 5.41) is 0. The molecule has 6 heteroatoms. The summed E-state index contributed by atoms with van der Waals surface area (Å²) in [7, 11) is -1.72. The molecule has 1 N–H and O–H groups in total. The van der Waals surface area contributed by atoms with Crippen LogP contribution in [0.2, 0.25) is 0 Å².